The van der Waals surface area contributed by atoms with Crippen LogP contribution in [0.2, 0.25) is 0 Å². The zero-order chi connectivity index (χ0) is 11.8. The summed E-state index contributed by atoms with van der Waals surface area (Å²) < 4.78 is 0. The molecule has 88 valence electrons. The first-order valence-electron chi connectivity index (χ1n) is 5.35. The second-order valence-corrected chi connectivity index (χ2v) is 3.63. The summed E-state index contributed by atoms with van der Waals surface area (Å²) in [5.74, 6) is -0.787. The molecule has 0 saturated carbocycles. The summed E-state index contributed by atoms with van der Waals surface area (Å²) in [7, 11) is 0. The van der Waals surface area contributed by atoms with Gasteiger partial charge in [-0.1, -0.05) is 30.3 Å². The average Bonchev–Trinajstić information content (AvgIpc) is 2.29. The molecule has 0 spiro atoms. The third-order valence-corrected chi connectivity index (χ3v) is 2.27. The minimum absolute atomic E-state index is 0.161. The summed E-state index contributed by atoms with van der Waals surface area (Å²) in [4.78, 5) is 10.2. The van der Waals surface area contributed by atoms with Gasteiger partial charge in [-0.15, -0.1) is 0 Å². The van der Waals surface area contributed by atoms with Crippen molar-refractivity contribution in [1.82, 2.24) is 5.32 Å². The van der Waals surface area contributed by atoms with Crippen molar-refractivity contribution in [2.45, 2.75) is 18.9 Å². The lowest BCUT2D eigenvalue weighted by atomic mass is 10.1. The number of aliphatic hydroxyl groups is 1. The highest BCUT2D eigenvalue weighted by atomic mass is 16.4. The van der Waals surface area contributed by atoms with Gasteiger partial charge in [-0.05, 0) is 18.5 Å². The number of nitrogens with one attached hydrogen (secondary N) is 1. The summed E-state index contributed by atoms with van der Waals surface area (Å²) in [6, 6.07) is 9.38. The number of rotatable bonds is 7. The summed E-state index contributed by atoms with van der Waals surface area (Å²) in [5.41, 5.74) is 0.869. The third kappa shape index (κ3) is 4.91. The molecule has 0 bridgehead atoms. The van der Waals surface area contributed by atoms with Gasteiger partial charge in [-0.3, -0.25) is 4.79 Å². The van der Waals surface area contributed by atoms with Crippen LogP contribution in [0.15, 0.2) is 30.3 Å². The quantitative estimate of drug-likeness (QED) is 0.607. The van der Waals surface area contributed by atoms with E-state index in [1.807, 2.05) is 30.3 Å². The largest absolute Gasteiger partial charge is 0.481 e. The van der Waals surface area contributed by atoms with E-state index in [0.29, 0.717) is 19.5 Å². The molecule has 16 heavy (non-hydrogen) atoms. The first-order valence-corrected chi connectivity index (χ1v) is 5.35. The Morgan fingerprint density at radius 3 is 2.62 bits per heavy atom. The van der Waals surface area contributed by atoms with E-state index in [1.165, 1.54) is 0 Å². The number of carboxylic acid groups (broad SMARTS) is 1. The zero-order valence-electron chi connectivity index (χ0n) is 9.10. The maximum absolute atomic E-state index is 10.2. The van der Waals surface area contributed by atoms with Crippen molar-refractivity contribution in [1.29, 1.82) is 0 Å². The fourth-order valence-corrected chi connectivity index (χ4v) is 1.40. The number of carbonyl (C=O) groups is 1. The minimum Gasteiger partial charge on any atom is -0.481 e. The Morgan fingerprint density at radius 2 is 2.00 bits per heavy atom. The highest BCUT2D eigenvalue weighted by Crippen LogP contribution is 2.10. The molecule has 4 nitrogen and oxygen atoms in total. The molecule has 0 aliphatic rings. The number of aliphatic carboxylic acids is 1. The van der Waals surface area contributed by atoms with Crippen LogP contribution in [-0.2, 0) is 4.79 Å². The van der Waals surface area contributed by atoms with Crippen molar-refractivity contribution < 1.29 is 15.0 Å². The van der Waals surface area contributed by atoms with Crippen molar-refractivity contribution >= 4 is 5.97 Å². The number of aliphatic hydroxyl groups excluding tert-OH is 1. The molecule has 0 aliphatic heterocycles. The number of benzene rings is 1. The van der Waals surface area contributed by atoms with Gasteiger partial charge >= 0.3 is 5.97 Å². The van der Waals surface area contributed by atoms with Crippen LogP contribution in [0.4, 0.5) is 0 Å². The monoisotopic (exact) mass is 223 g/mol. The van der Waals surface area contributed by atoms with E-state index < -0.39 is 12.1 Å². The van der Waals surface area contributed by atoms with Gasteiger partial charge in [0.25, 0.3) is 0 Å². The molecule has 0 saturated heterocycles. The van der Waals surface area contributed by atoms with Crippen LogP contribution in [0.3, 0.4) is 0 Å². The van der Waals surface area contributed by atoms with Crippen LogP contribution >= 0.6 is 0 Å². The standard InChI is InChI=1S/C12H17NO3/c14-11(10-5-2-1-3-6-10)9-13-8-4-7-12(15)16/h1-3,5-6,11,13-14H,4,7-9H2,(H,15,16). The Kier molecular flexibility index (Phi) is 5.53. The first kappa shape index (κ1) is 12.7. The van der Waals surface area contributed by atoms with Crippen LogP contribution in [0, 0.1) is 0 Å². The van der Waals surface area contributed by atoms with E-state index in [2.05, 4.69) is 5.32 Å². The van der Waals surface area contributed by atoms with E-state index in [0.717, 1.165) is 5.56 Å². The number of hydrogen-bond donors (Lipinski definition) is 3. The normalized spacial score (nSPS) is 12.3. The molecule has 0 radical (unpaired) electrons. The zero-order valence-corrected chi connectivity index (χ0v) is 9.10. The number of hydrogen-bond acceptors (Lipinski definition) is 3. The predicted octanol–water partition coefficient (Wildman–Crippen LogP) is 1.17. The topological polar surface area (TPSA) is 69.6 Å². The maximum Gasteiger partial charge on any atom is 0.303 e. The van der Waals surface area contributed by atoms with Gasteiger partial charge in [-0.2, -0.15) is 0 Å². The van der Waals surface area contributed by atoms with Crippen LogP contribution in [0.5, 0.6) is 0 Å². The van der Waals surface area contributed by atoms with Gasteiger partial charge in [0.1, 0.15) is 0 Å². The molecule has 1 atom stereocenters. The van der Waals surface area contributed by atoms with Crippen LogP contribution in [0.1, 0.15) is 24.5 Å². The summed E-state index contributed by atoms with van der Waals surface area (Å²) in [6.07, 6.45) is 0.205. The van der Waals surface area contributed by atoms with Crippen LogP contribution in [0.25, 0.3) is 0 Å². The Morgan fingerprint density at radius 1 is 1.31 bits per heavy atom. The van der Waals surface area contributed by atoms with Gasteiger partial charge in [-0.25, -0.2) is 0 Å². The molecule has 1 aromatic rings. The molecule has 3 N–H and O–H groups in total. The van der Waals surface area contributed by atoms with Crippen molar-refractivity contribution in [3.8, 4) is 0 Å². The summed E-state index contributed by atoms with van der Waals surface area (Å²) in [5, 5.41) is 21.2. The second kappa shape index (κ2) is 6.98. The van der Waals surface area contributed by atoms with Gasteiger partial charge in [0.2, 0.25) is 0 Å². The molecule has 0 aromatic heterocycles. The first-order chi connectivity index (χ1) is 7.70. The SMILES string of the molecule is O=C(O)CCCNCC(O)c1ccccc1. The molecule has 0 amide bonds. The minimum atomic E-state index is -0.787. The molecule has 1 unspecified atom stereocenters. The van der Waals surface area contributed by atoms with Crippen molar-refractivity contribution in [2.24, 2.45) is 0 Å². The summed E-state index contributed by atoms with van der Waals surface area (Å²) in [6.45, 7) is 1.06. The average molecular weight is 223 g/mol. The Balaban J connectivity index is 2.16. The molecule has 1 rings (SSSR count). The fourth-order valence-electron chi connectivity index (χ4n) is 1.40. The van der Waals surface area contributed by atoms with Crippen molar-refractivity contribution in [3.63, 3.8) is 0 Å². The number of carboxylic acids is 1. The van der Waals surface area contributed by atoms with Crippen LogP contribution < -0.4 is 5.32 Å². The second-order valence-electron chi connectivity index (χ2n) is 3.63. The van der Waals surface area contributed by atoms with Crippen LogP contribution in [-0.4, -0.2) is 29.3 Å². The van der Waals surface area contributed by atoms with E-state index in [4.69, 9.17) is 5.11 Å². The molecular formula is C12H17NO3. The lowest BCUT2D eigenvalue weighted by Gasteiger charge is -2.11. The Hall–Kier alpha value is -1.39. The fraction of sp³-hybridized carbons (Fsp3) is 0.417. The predicted molar refractivity (Wildman–Crippen MR) is 61.1 cm³/mol. The van der Waals surface area contributed by atoms with Crippen molar-refractivity contribution in [3.05, 3.63) is 35.9 Å². The van der Waals surface area contributed by atoms with Gasteiger partial charge in [0.15, 0.2) is 0 Å². The molecule has 0 aliphatic carbocycles. The van der Waals surface area contributed by atoms with E-state index in [1.54, 1.807) is 0 Å². The van der Waals surface area contributed by atoms with E-state index in [-0.39, 0.29) is 6.42 Å². The molecular weight excluding hydrogens is 206 g/mol. The van der Waals surface area contributed by atoms with Crippen molar-refractivity contribution in [2.75, 3.05) is 13.1 Å². The lowest BCUT2D eigenvalue weighted by Crippen LogP contribution is -2.22. The molecule has 0 fully saturated rings. The molecule has 1 aromatic carbocycles. The van der Waals surface area contributed by atoms with E-state index >= 15 is 0 Å². The molecule has 0 heterocycles. The highest BCUT2D eigenvalue weighted by Gasteiger charge is 2.05. The van der Waals surface area contributed by atoms with Gasteiger partial charge < -0.3 is 15.5 Å². The van der Waals surface area contributed by atoms with E-state index in [9.17, 15) is 9.90 Å². The lowest BCUT2D eigenvalue weighted by molar-refractivity contribution is -0.137. The van der Waals surface area contributed by atoms with Gasteiger partial charge in [0, 0.05) is 13.0 Å². The Labute approximate surface area is 94.9 Å². The third-order valence-electron chi connectivity index (χ3n) is 2.27. The Bertz CT molecular complexity index is 313. The highest BCUT2D eigenvalue weighted by molar-refractivity contribution is 5.66. The maximum atomic E-state index is 10.2. The van der Waals surface area contributed by atoms with Gasteiger partial charge in [0.05, 0.1) is 6.10 Å². The summed E-state index contributed by atoms with van der Waals surface area (Å²) >= 11 is 0. The smallest absolute Gasteiger partial charge is 0.303 e. The molecule has 4 heteroatoms.